The summed E-state index contributed by atoms with van der Waals surface area (Å²) in [6.07, 6.45) is 0.0293. The highest BCUT2D eigenvalue weighted by Gasteiger charge is 2.48. The van der Waals surface area contributed by atoms with Crippen LogP contribution < -0.4 is 0 Å². The topological polar surface area (TPSA) is 88.6 Å². The zero-order valence-corrected chi connectivity index (χ0v) is 18.5. The molecular weight excluding hydrogens is 434 g/mol. The van der Waals surface area contributed by atoms with E-state index in [0.717, 1.165) is 5.56 Å². The number of sulfone groups is 2. The summed E-state index contributed by atoms with van der Waals surface area (Å²) in [6, 6.07) is 12.1. The molecule has 0 aromatic heterocycles. The van der Waals surface area contributed by atoms with Crippen molar-refractivity contribution in [2.75, 3.05) is 18.6 Å². The second-order valence-corrected chi connectivity index (χ2v) is 12.1. The summed E-state index contributed by atoms with van der Waals surface area (Å²) in [5.41, 5.74) is 1.61. The van der Waals surface area contributed by atoms with Crippen LogP contribution in [0.1, 0.15) is 11.1 Å². The van der Waals surface area contributed by atoms with Gasteiger partial charge in [0.25, 0.3) is 0 Å². The van der Waals surface area contributed by atoms with Gasteiger partial charge in [-0.2, -0.15) is 0 Å². The predicted molar refractivity (Wildman–Crippen MR) is 113 cm³/mol. The molecule has 0 N–H and O–H groups in total. The first kappa shape index (κ1) is 21.8. The number of nitrogens with zero attached hydrogens (tertiary/aromatic N) is 1. The Morgan fingerprint density at radius 2 is 1.66 bits per heavy atom. The van der Waals surface area contributed by atoms with Crippen molar-refractivity contribution in [3.05, 3.63) is 64.7 Å². The fourth-order valence-electron chi connectivity index (χ4n) is 3.44. The van der Waals surface area contributed by atoms with Crippen LogP contribution in [-0.2, 0) is 30.9 Å². The Balaban J connectivity index is 1.88. The van der Waals surface area contributed by atoms with E-state index >= 15 is 0 Å². The molecule has 1 fully saturated rings. The Labute approximate surface area is 176 Å². The average molecular weight is 456 g/mol. The number of likely N-dealkylation sites (N-methyl/N-ethyl adjacent to an activating group) is 1. The standard InChI is InChI=1S/C20H22ClNO5S2/c1-14-3-9-17(10-4-14)29(26,27)19-13-28(24,25)12-18(19)22(2)20(23)11-15-5-7-16(21)8-6-15/h3-10,18-19H,11-13H2,1-2H3/t18-,19-/m1/s1. The van der Waals surface area contributed by atoms with Crippen LogP contribution in [0.4, 0.5) is 0 Å². The number of carbonyl (C=O) groups excluding carboxylic acids is 1. The summed E-state index contributed by atoms with van der Waals surface area (Å²) in [7, 11) is -6.05. The number of hydrogen-bond acceptors (Lipinski definition) is 5. The molecule has 6 nitrogen and oxygen atoms in total. The van der Waals surface area contributed by atoms with Gasteiger partial charge in [-0.1, -0.05) is 41.4 Å². The van der Waals surface area contributed by atoms with Gasteiger partial charge in [-0.25, -0.2) is 16.8 Å². The number of amides is 1. The molecule has 0 aliphatic carbocycles. The van der Waals surface area contributed by atoms with Crippen LogP contribution in [0.3, 0.4) is 0 Å². The minimum absolute atomic E-state index is 0.0293. The van der Waals surface area contributed by atoms with Crippen LogP contribution in [0, 0.1) is 6.92 Å². The van der Waals surface area contributed by atoms with Crippen LogP contribution in [0.15, 0.2) is 53.4 Å². The lowest BCUT2D eigenvalue weighted by Crippen LogP contribution is -2.47. The maximum Gasteiger partial charge on any atom is 0.227 e. The third-order valence-corrected chi connectivity index (χ3v) is 9.57. The van der Waals surface area contributed by atoms with Crippen LogP contribution in [0.2, 0.25) is 5.02 Å². The first-order valence-electron chi connectivity index (χ1n) is 9.01. The molecule has 2 aromatic rings. The van der Waals surface area contributed by atoms with Gasteiger partial charge in [0.1, 0.15) is 5.25 Å². The van der Waals surface area contributed by atoms with Crippen LogP contribution in [-0.4, -0.2) is 57.5 Å². The highest BCUT2D eigenvalue weighted by atomic mass is 35.5. The van der Waals surface area contributed by atoms with E-state index in [1.807, 2.05) is 6.92 Å². The number of aryl methyl sites for hydroxylation is 1. The Kier molecular flexibility index (Phi) is 6.08. The smallest absolute Gasteiger partial charge is 0.227 e. The van der Waals surface area contributed by atoms with Gasteiger partial charge in [-0.05, 0) is 36.8 Å². The van der Waals surface area contributed by atoms with Gasteiger partial charge in [-0.15, -0.1) is 0 Å². The van der Waals surface area contributed by atoms with Gasteiger partial charge in [0.05, 0.1) is 28.9 Å². The molecular formula is C20H22ClNO5S2. The summed E-state index contributed by atoms with van der Waals surface area (Å²) in [4.78, 5) is 14.1. The summed E-state index contributed by atoms with van der Waals surface area (Å²) >= 11 is 5.85. The number of benzene rings is 2. The molecule has 1 aliphatic heterocycles. The zero-order valence-electron chi connectivity index (χ0n) is 16.1. The fraction of sp³-hybridized carbons (Fsp3) is 0.350. The van der Waals surface area contributed by atoms with E-state index in [1.165, 1.54) is 24.1 Å². The summed E-state index contributed by atoms with van der Waals surface area (Å²) < 4.78 is 50.9. The summed E-state index contributed by atoms with van der Waals surface area (Å²) in [6.45, 7) is 1.84. The highest BCUT2D eigenvalue weighted by molar-refractivity contribution is 7.96. The molecule has 2 atom stereocenters. The first-order valence-corrected chi connectivity index (χ1v) is 12.8. The zero-order chi connectivity index (χ0) is 21.4. The van der Waals surface area contributed by atoms with Crippen molar-refractivity contribution < 1.29 is 21.6 Å². The number of rotatable bonds is 5. The molecule has 0 radical (unpaired) electrons. The average Bonchev–Trinajstić information content (AvgIpc) is 2.99. The molecule has 1 heterocycles. The van der Waals surface area contributed by atoms with E-state index in [9.17, 15) is 21.6 Å². The number of carbonyl (C=O) groups is 1. The molecule has 0 saturated carbocycles. The summed E-state index contributed by atoms with van der Waals surface area (Å²) in [5, 5.41) is -0.657. The van der Waals surface area contributed by atoms with E-state index in [2.05, 4.69) is 0 Å². The fourth-order valence-corrected chi connectivity index (χ4v) is 8.42. The Bertz CT molecular complexity index is 1110. The molecule has 1 aliphatic rings. The van der Waals surface area contributed by atoms with Crippen molar-refractivity contribution in [3.8, 4) is 0 Å². The Morgan fingerprint density at radius 3 is 2.24 bits per heavy atom. The number of halogens is 1. The quantitative estimate of drug-likeness (QED) is 0.690. The molecule has 9 heteroatoms. The van der Waals surface area contributed by atoms with Crippen molar-refractivity contribution in [3.63, 3.8) is 0 Å². The molecule has 2 aromatic carbocycles. The van der Waals surface area contributed by atoms with Gasteiger partial charge < -0.3 is 4.90 Å². The van der Waals surface area contributed by atoms with Crippen LogP contribution >= 0.6 is 11.6 Å². The molecule has 1 amide bonds. The molecule has 0 unspecified atom stereocenters. The minimum Gasteiger partial charge on any atom is -0.340 e. The van der Waals surface area contributed by atoms with E-state index in [1.54, 1.807) is 36.4 Å². The molecule has 29 heavy (non-hydrogen) atoms. The van der Waals surface area contributed by atoms with Crippen molar-refractivity contribution >= 4 is 37.2 Å². The van der Waals surface area contributed by atoms with Crippen molar-refractivity contribution in [2.45, 2.75) is 29.5 Å². The monoisotopic (exact) mass is 455 g/mol. The van der Waals surface area contributed by atoms with Gasteiger partial charge >= 0.3 is 0 Å². The van der Waals surface area contributed by atoms with Crippen molar-refractivity contribution in [1.29, 1.82) is 0 Å². The largest absolute Gasteiger partial charge is 0.340 e. The second-order valence-electron chi connectivity index (χ2n) is 7.35. The summed E-state index contributed by atoms with van der Waals surface area (Å²) in [5.74, 6) is -1.21. The van der Waals surface area contributed by atoms with E-state index in [-0.39, 0.29) is 23.0 Å². The van der Waals surface area contributed by atoms with Gasteiger partial charge in [0, 0.05) is 12.1 Å². The van der Waals surface area contributed by atoms with E-state index in [0.29, 0.717) is 10.6 Å². The predicted octanol–water partition coefficient (Wildman–Crippen LogP) is 2.29. The Morgan fingerprint density at radius 1 is 1.07 bits per heavy atom. The Hall–Kier alpha value is -1.90. The lowest BCUT2D eigenvalue weighted by molar-refractivity contribution is -0.130. The normalized spacial score (nSPS) is 21.1. The van der Waals surface area contributed by atoms with Crippen LogP contribution in [0.5, 0.6) is 0 Å². The molecule has 1 saturated heterocycles. The number of hydrogen-bond donors (Lipinski definition) is 0. The second kappa shape index (κ2) is 8.08. The van der Waals surface area contributed by atoms with Crippen molar-refractivity contribution in [2.24, 2.45) is 0 Å². The first-order chi connectivity index (χ1) is 13.5. The maximum atomic E-state index is 13.1. The lowest BCUT2D eigenvalue weighted by atomic mass is 10.1. The van der Waals surface area contributed by atoms with E-state index in [4.69, 9.17) is 11.6 Å². The van der Waals surface area contributed by atoms with Gasteiger partial charge in [0.15, 0.2) is 19.7 Å². The third kappa shape index (κ3) is 4.82. The van der Waals surface area contributed by atoms with Crippen molar-refractivity contribution in [1.82, 2.24) is 4.90 Å². The maximum absolute atomic E-state index is 13.1. The van der Waals surface area contributed by atoms with E-state index < -0.39 is 36.7 Å². The molecule has 3 rings (SSSR count). The molecule has 0 spiro atoms. The molecule has 156 valence electrons. The van der Waals surface area contributed by atoms with Gasteiger partial charge in [-0.3, -0.25) is 4.79 Å². The molecule has 0 bridgehead atoms. The highest BCUT2D eigenvalue weighted by Crippen LogP contribution is 2.29. The minimum atomic E-state index is -3.92. The lowest BCUT2D eigenvalue weighted by Gasteiger charge is -2.28. The third-order valence-electron chi connectivity index (χ3n) is 5.18. The van der Waals surface area contributed by atoms with Gasteiger partial charge in [0.2, 0.25) is 5.91 Å². The van der Waals surface area contributed by atoms with Crippen LogP contribution in [0.25, 0.3) is 0 Å². The SMILES string of the molecule is Cc1ccc(S(=O)(=O)[C@@H]2CS(=O)(=O)C[C@H]2N(C)C(=O)Cc2ccc(Cl)cc2)cc1.